The van der Waals surface area contributed by atoms with Gasteiger partial charge in [0, 0.05) is 24.8 Å². The average Bonchev–Trinajstić information content (AvgIpc) is 3.37. The van der Waals surface area contributed by atoms with Gasteiger partial charge in [0.15, 0.2) is 5.69 Å². The van der Waals surface area contributed by atoms with Crippen molar-refractivity contribution in [1.82, 2.24) is 19.6 Å². The van der Waals surface area contributed by atoms with Crippen molar-refractivity contribution in [3.05, 3.63) is 47.8 Å². The van der Waals surface area contributed by atoms with Gasteiger partial charge in [0.05, 0.1) is 18.7 Å². The van der Waals surface area contributed by atoms with Gasteiger partial charge in [-0.1, -0.05) is 25.1 Å². The Balaban J connectivity index is 1.79. The van der Waals surface area contributed by atoms with E-state index in [1.807, 2.05) is 43.3 Å². The third-order valence-electron chi connectivity index (χ3n) is 5.62. The number of carbonyl (C=O) groups is 2. The van der Waals surface area contributed by atoms with Gasteiger partial charge in [0.2, 0.25) is 0 Å². The van der Waals surface area contributed by atoms with E-state index in [4.69, 9.17) is 4.74 Å². The quantitative estimate of drug-likeness (QED) is 0.592. The highest BCUT2D eigenvalue weighted by molar-refractivity contribution is 5.92. The molecule has 0 aliphatic carbocycles. The van der Waals surface area contributed by atoms with E-state index >= 15 is 0 Å². The molecule has 0 bridgehead atoms. The summed E-state index contributed by atoms with van der Waals surface area (Å²) in [5, 5.41) is 4.57. The third kappa shape index (κ3) is 5.27. The van der Waals surface area contributed by atoms with Crippen molar-refractivity contribution in [2.24, 2.45) is 0 Å². The van der Waals surface area contributed by atoms with Crippen molar-refractivity contribution < 1.29 is 14.3 Å². The van der Waals surface area contributed by atoms with Gasteiger partial charge >= 0.3 is 5.97 Å². The Bertz CT molecular complexity index is 849. The molecule has 7 nitrogen and oxygen atoms in total. The van der Waals surface area contributed by atoms with Crippen LogP contribution in [0, 0.1) is 6.92 Å². The minimum Gasteiger partial charge on any atom is -0.466 e. The predicted octanol–water partition coefficient (Wildman–Crippen LogP) is 3.06. The largest absolute Gasteiger partial charge is 0.466 e. The monoisotopic (exact) mass is 412 g/mol. The van der Waals surface area contributed by atoms with E-state index in [2.05, 4.69) is 16.9 Å². The summed E-state index contributed by atoms with van der Waals surface area (Å²) in [6.45, 7) is 9.18. The summed E-state index contributed by atoms with van der Waals surface area (Å²) in [6, 6.07) is 11.9. The number of aromatic nitrogens is 2. The van der Waals surface area contributed by atoms with Crippen molar-refractivity contribution in [1.29, 1.82) is 0 Å². The first-order chi connectivity index (χ1) is 14.5. The van der Waals surface area contributed by atoms with E-state index in [0.29, 0.717) is 31.4 Å². The zero-order chi connectivity index (χ0) is 21.5. The average molecular weight is 413 g/mol. The smallest absolute Gasteiger partial charge is 0.307 e. The Morgan fingerprint density at radius 2 is 2.00 bits per heavy atom. The summed E-state index contributed by atoms with van der Waals surface area (Å²) in [5.41, 5.74) is 2.22. The van der Waals surface area contributed by atoms with Gasteiger partial charge < -0.3 is 9.64 Å². The zero-order valence-corrected chi connectivity index (χ0v) is 18.2. The summed E-state index contributed by atoms with van der Waals surface area (Å²) in [7, 11) is 0. The van der Waals surface area contributed by atoms with Crippen LogP contribution in [0.5, 0.6) is 0 Å². The van der Waals surface area contributed by atoms with Crippen LogP contribution in [0.4, 0.5) is 0 Å². The van der Waals surface area contributed by atoms with Gasteiger partial charge in [-0.2, -0.15) is 5.10 Å². The lowest BCUT2D eigenvalue weighted by Gasteiger charge is -2.29. The fourth-order valence-corrected chi connectivity index (χ4v) is 4.08. The first-order valence-electron chi connectivity index (χ1n) is 10.8. The van der Waals surface area contributed by atoms with E-state index in [0.717, 1.165) is 37.3 Å². The Morgan fingerprint density at radius 3 is 2.70 bits per heavy atom. The molecule has 1 aliphatic rings. The van der Waals surface area contributed by atoms with E-state index < -0.39 is 0 Å². The molecule has 3 rings (SSSR count). The number of esters is 1. The normalized spacial score (nSPS) is 16.6. The molecule has 162 valence electrons. The second-order valence-corrected chi connectivity index (χ2v) is 7.65. The molecule has 1 saturated heterocycles. The maximum atomic E-state index is 13.4. The van der Waals surface area contributed by atoms with Crippen LogP contribution in [-0.4, -0.2) is 70.3 Å². The van der Waals surface area contributed by atoms with Crippen LogP contribution >= 0.6 is 0 Å². The molecule has 2 heterocycles. The predicted molar refractivity (Wildman–Crippen MR) is 116 cm³/mol. The molecule has 1 aliphatic heterocycles. The van der Waals surface area contributed by atoms with Crippen molar-refractivity contribution in [3.63, 3.8) is 0 Å². The minimum absolute atomic E-state index is 0.139. The van der Waals surface area contributed by atoms with Gasteiger partial charge in [-0.25, -0.2) is 4.68 Å². The third-order valence-corrected chi connectivity index (χ3v) is 5.62. The number of para-hydroxylation sites is 1. The number of hydrogen-bond donors (Lipinski definition) is 0. The SMILES string of the molecule is CCOC(=O)CCN(CC1CCCN1CC)C(=O)c1cc(C)n(-c2ccccc2)n1. The molecule has 1 aromatic carbocycles. The number of rotatable bonds is 9. The molecule has 30 heavy (non-hydrogen) atoms. The van der Waals surface area contributed by atoms with Crippen LogP contribution in [0.2, 0.25) is 0 Å². The highest BCUT2D eigenvalue weighted by Crippen LogP contribution is 2.20. The molecule has 0 radical (unpaired) electrons. The number of aryl methyl sites for hydroxylation is 1. The summed E-state index contributed by atoms with van der Waals surface area (Å²) < 4.78 is 6.85. The lowest BCUT2D eigenvalue weighted by atomic mass is 10.2. The Morgan fingerprint density at radius 1 is 1.23 bits per heavy atom. The molecule has 1 atom stereocenters. The minimum atomic E-state index is -0.278. The van der Waals surface area contributed by atoms with Crippen molar-refractivity contribution >= 4 is 11.9 Å². The molecule has 2 aromatic rings. The topological polar surface area (TPSA) is 67.7 Å². The molecule has 0 N–H and O–H groups in total. The molecule has 0 spiro atoms. The maximum absolute atomic E-state index is 13.4. The van der Waals surface area contributed by atoms with Gasteiger partial charge in [-0.05, 0) is 58.0 Å². The van der Waals surface area contributed by atoms with Gasteiger partial charge in [-0.15, -0.1) is 0 Å². The number of likely N-dealkylation sites (N-methyl/N-ethyl adjacent to an activating group) is 1. The van der Waals surface area contributed by atoms with Crippen LogP contribution in [-0.2, 0) is 9.53 Å². The molecular weight excluding hydrogens is 380 g/mol. The summed E-state index contributed by atoms with van der Waals surface area (Å²) in [5.74, 6) is -0.417. The summed E-state index contributed by atoms with van der Waals surface area (Å²) >= 11 is 0. The lowest BCUT2D eigenvalue weighted by Crippen LogP contribution is -2.44. The first kappa shape index (κ1) is 22.0. The van der Waals surface area contributed by atoms with E-state index in [1.54, 1.807) is 16.5 Å². The second kappa shape index (κ2) is 10.4. The molecular formula is C23H32N4O3. The van der Waals surface area contributed by atoms with Crippen LogP contribution < -0.4 is 0 Å². The molecule has 1 fully saturated rings. The molecule has 1 aromatic heterocycles. The van der Waals surface area contributed by atoms with Crippen molar-refractivity contribution in [3.8, 4) is 5.69 Å². The Hall–Kier alpha value is -2.67. The molecule has 1 amide bonds. The number of hydrogen-bond acceptors (Lipinski definition) is 5. The molecule has 7 heteroatoms. The molecule has 0 saturated carbocycles. The van der Waals surface area contributed by atoms with Crippen LogP contribution in [0.15, 0.2) is 36.4 Å². The van der Waals surface area contributed by atoms with Crippen LogP contribution in [0.3, 0.4) is 0 Å². The first-order valence-corrected chi connectivity index (χ1v) is 10.8. The van der Waals surface area contributed by atoms with Crippen molar-refractivity contribution in [2.75, 3.05) is 32.8 Å². The van der Waals surface area contributed by atoms with E-state index in [1.165, 1.54) is 0 Å². The maximum Gasteiger partial charge on any atom is 0.307 e. The van der Waals surface area contributed by atoms with Crippen LogP contribution in [0.1, 0.15) is 49.3 Å². The fourth-order valence-electron chi connectivity index (χ4n) is 4.08. The van der Waals surface area contributed by atoms with Gasteiger partial charge in [-0.3, -0.25) is 14.5 Å². The number of amides is 1. The number of nitrogens with zero attached hydrogens (tertiary/aromatic N) is 4. The lowest BCUT2D eigenvalue weighted by molar-refractivity contribution is -0.143. The van der Waals surface area contributed by atoms with Crippen molar-refractivity contribution in [2.45, 2.75) is 46.1 Å². The Labute approximate surface area is 178 Å². The second-order valence-electron chi connectivity index (χ2n) is 7.65. The number of carbonyl (C=O) groups excluding carboxylic acids is 2. The molecule has 1 unspecified atom stereocenters. The van der Waals surface area contributed by atoms with E-state index in [9.17, 15) is 9.59 Å². The number of likely N-dealkylation sites (tertiary alicyclic amines) is 1. The number of benzene rings is 1. The van der Waals surface area contributed by atoms with E-state index in [-0.39, 0.29) is 18.3 Å². The number of ether oxygens (including phenoxy) is 1. The summed E-state index contributed by atoms with van der Waals surface area (Å²) in [6.07, 6.45) is 2.39. The van der Waals surface area contributed by atoms with Gasteiger partial charge in [0.25, 0.3) is 5.91 Å². The zero-order valence-electron chi connectivity index (χ0n) is 18.2. The van der Waals surface area contributed by atoms with Crippen LogP contribution in [0.25, 0.3) is 5.69 Å². The summed E-state index contributed by atoms with van der Waals surface area (Å²) in [4.78, 5) is 29.5. The highest BCUT2D eigenvalue weighted by Gasteiger charge is 2.29. The Kier molecular flexibility index (Phi) is 7.63. The fraction of sp³-hybridized carbons (Fsp3) is 0.522. The highest BCUT2D eigenvalue weighted by atomic mass is 16.5. The van der Waals surface area contributed by atoms with Gasteiger partial charge in [0.1, 0.15) is 0 Å². The standard InChI is InChI=1S/C23H32N4O3/c1-4-25-14-9-12-20(25)17-26(15-13-22(28)30-5-2)23(29)21-16-18(3)27(24-21)19-10-7-6-8-11-19/h6-8,10-11,16,20H,4-5,9,12-15,17H2,1-3H3.